The summed E-state index contributed by atoms with van der Waals surface area (Å²) in [5.41, 5.74) is 0.338. The Hall–Kier alpha value is -3.84. The fourth-order valence-corrected chi connectivity index (χ4v) is 5.63. The molecule has 0 aliphatic carbocycles. The van der Waals surface area contributed by atoms with Crippen molar-refractivity contribution in [2.75, 3.05) is 6.54 Å². The lowest BCUT2D eigenvalue weighted by Crippen LogP contribution is -2.45. The van der Waals surface area contributed by atoms with E-state index in [0.717, 1.165) is 16.4 Å². The lowest BCUT2D eigenvalue weighted by molar-refractivity contribution is -0.137. The molecule has 1 unspecified atom stereocenters. The molecule has 1 aromatic heterocycles. The molecule has 0 saturated carbocycles. The molecule has 1 amide bonds. The molecule has 3 aromatic rings. The smallest absolute Gasteiger partial charge is 0.416 e. The van der Waals surface area contributed by atoms with E-state index in [0.29, 0.717) is 29.8 Å². The van der Waals surface area contributed by atoms with Crippen molar-refractivity contribution in [3.05, 3.63) is 77.7 Å². The number of benzene rings is 2. The third-order valence-corrected chi connectivity index (χ3v) is 7.81. The van der Waals surface area contributed by atoms with Gasteiger partial charge in [0.25, 0.3) is 0 Å². The molecule has 37 heavy (non-hydrogen) atoms. The highest BCUT2D eigenvalue weighted by molar-refractivity contribution is 7.89. The maximum Gasteiger partial charge on any atom is 0.416 e. The first kappa shape index (κ1) is 26.2. The molecule has 0 radical (unpaired) electrons. The second-order valence-corrected chi connectivity index (χ2v) is 10.2. The zero-order valence-electron chi connectivity index (χ0n) is 19.1. The van der Waals surface area contributed by atoms with Crippen LogP contribution in [0.4, 0.5) is 13.2 Å². The van der Waals surface area contributed by atoms with Gasteiger partial charge in [-0.1, -0.05) is 12.1 Å². The second-order valence-electron chi connectivity index (χ2n) is 8.29. The van der Waals surface area contributed by atoms with Crippen molar-refractivity contribution in [3.8, 4) is 11.3 Å². The molecule has 9 nitrogen and oxygen atoms in total. The highest BCUT2D eigenvalue weighted by Crippen LogP contribution is 2.31. The minimum atomic E-state index is -4.46. The zero-order chi connectivity index (χ0) is 26.8. The monoisotopic (exact) mass is 534 g/mol. The molecule has 2 aromatic carbocycles. The molecule has 194 valence electrons. The van der Waals surface area contributed by atoms with Gasteiger partial charge in [0.1, 0.15) is 12.4 Å². The number of hydrogen-bond donors (Lipinski definition) is 2. The van der Waals surface area contributed by atoms with Crippen molar-refractivity contribution in [3.63, 3.8) is 0 Å². The molecule has 1 aliphatic heterocycles. The molecule has 4 rings (SSSR count). The average molecular weight is 535 g/mol. The summed E-state index contributed by atoms with van der Waals surface area (Å²) in [6.45, 7) is 0.0827. The van der Waals surface area contributed by atoms with Gasteiger partial charge in [-0.15, -0.1) is 0 Å². The van der Waals surface area contributed by atoms with Gasteiger partial charge in [0.15, 0.2) is 0 Å². The quantitative estimate of drug-likeness (QED) is 0.476. The van der Waals surface area contributed by atoms with E-state index in [2.05, 4.69) is 15.3 Å². The maximum atomic E-state index is 13.1. The average Bonchev–Trinajstić information content (AvgIpc) is 3.38. The van der Waals surface area contributed by atoms with E-state index in [1.807, 2.05) is 0 Å². The van der Waals surface area contributed by atoms with Crippen LogP contribution in [0.3, 0.4) is 0 Å². The molecule has 2 heterocycles. The van der Waals surface area contributed by atoms with Crippen molar-refractivity contribution in [1.82, 2.24) is 19.6 Å². The van der Waals surface area contributed by atoms with Crippen LogP contribution in [0.5, 0.6) is 0 Å². The molecule has 13 heteroatoms. The van der Waals surface area contributed by atoms with Crippen LogP contribution in [-0.2, 0) is 27.5 Å². The van der Waals surface area contributed by atoms with E-state index in [-0.39, 0.29) is 23.5 Å². The summed E-state index contributed by atoms with van der Waals surface area (Å²) in [5.74, 6) is -1.72. The van der Waals surface area contributed by atoms with Gasteiger partial charge in [0.05, 0.1) is 34.0 Å². The Kier molecular flexibility index (Phi) is 7.28. The van der Waals surface area contributed by atoms with Gasteiger partial charge in [-0.25, -0.2) is 23.2 Å². The summed E-state index contributed by atoms with van der Waals surface area (Å²) < 4.78 is 65.7. The van der Waals surface area contributed by atoms with Crippen LogP contribution >= 0.6 is 0 Å². The number of carbonyl (C=O) groups excluding carboxylic acids is 1. The van der Waals surface area contributed by atoms with E-state index in [1.54, 1.807) is 0 Å². The highest BCUT2D eigenvalue weighted by Gasteiger charge is 2.39. The third-order valence-electron chi connectivity index (χ3n) is 5.89. The van der Waals surface area contributed by atoms with Crippen LogP contribution in [-0.4, -0.2) is 52.3 Å². The van der Waals surface area contributed by atoms with Crippen molar-refractivity contribution < 1.29 is 36.3 Å². The molecule has 0 bridgehead atoms. The van der Waals surface area contributed by atoms with Gasteiger partial charge >= 0.3 is 12.1 Å². The molecule has 0 spiro atoms. The number of aromatic nitrogens is 2. The fourth-order valence-electron chi connectivity index (χ4n) is 3.97. The topological polar surface area (TPSA) is 130 Å². The number of halogens is 3. The summed E-state index contributed by atoms with van der Waals surface area (Å²) in [4.78, 5) is 32.0. The van der Waals surface area contributed by atoms with E-state index in [4.69, 9.17) is 5.11 Å². The van der Waals surface area contributed by atoms with Crippen LogP contribution in [0.15, 0.2) is 65.8 Å². The Morgan fingerprint density at radius 1 is 1.05 bits per heavy atom. The van der Waals surface area contributed by atoms with E-state index < -0.39 is 39.7 Å². The standard InChI is InChI=1S/C24H21F3N4O5S/c25-24(26,27)17-7-3-15(4-8-17)20-12-18(29-14-30-20)13-28-22(32)21-2-1-11-31(21)37(35,36)19-9-5-16(6-10-19)23(33)34/h3-10,12,14,21H,1-2,11,13H2,(H,28,32)(H,33,34). The number of amides is 1. The number of carboxylic acids is 1. The Morgan fingerprint density at radius 3 is 2.35 bits per heavy atom. The van der Waals surface area contributed by atoms with Crippen LogP contribution in [0, 0.1) is 0 Å². The number of carboxylic acid groups (broad SMARTS) is 1. The highest BCUT2D eigenvalue weighted by atomic mass is 32.2. The molecular formula is C24H21F3N4O5S. The minimum Gasteiger partial charge on any atom is -0.478 e. The summed E-state index contributed by atoms with van der Waals surface area (Å²) in [7, 11) is -4.04. The number of hydrogen-bond acceptors (Lipinski definition) is 6. The summed E-state index contributed by atoms with van der Waals surface area (Å²) >= 11 is 0. The Labute approximate surface area is 210 Å². The van der Waals surface area contributed by atoms with E-state index >= 15 is 0 Å². The predicted octanol–water partition coefficient (Wildman–Crippen LogP) is 3.33. The molecular weight excluding hydrogens is 513 g/mol. The molecule has 1 fully saturated rings. The van der Waals surface area contributed by atoms with Gasteiger partial charge in [0, 0.05) is 12.1 Å². The summed E-state index contributed by atoms with van der Waals surface area (Å²) in [5, 5.41) is 11.7. The maximum absolute atomic E-state index is 13.1. The van der Waals surface area contributed by atoms with Gasteiger partial charge in [-0.2, -0.15) is 17.5 Å². The van der Waals surface area contributed by atoms with Gasteiger partial charge < -0.3 is 10.4 Å². The Morgan fingerprint density at radius 2 is 1.73 bits per heavy atom. The normalized spacial score (nSPS) is 16.5. The minimum absolute atomic E-state index is 0.0489. The first-order valence-corrected chi connectivity index (χ1v) is 12.5. The first-order chi connectivity index (χ1) is 17.5. The van der Waals surface area contributed by atoms with Crippen LogP contribution < -0.4 is 5.32 Å². The van der Waals surface area contributed by atoms with Crippen molar-refractivity contribution in [2.24, 2.45) is 0 Å². The SMILES string of the molecule is O=C(O)c1ccc(S(=O)(=O)N2CCCC2C(=O)NCc2cc(-c3ccc(C(F)(F)F)cc3)ncn2)cc1. The number of nitrogens with zero attached hydrogens (tertiary/aromatic N) is 3. The first-order valence-electron chi connectivity index (χ1n) is 11.1. The Balaban J connectivity index is 1.44. The lowest BCUT2D eigenvalue weighted by Gasteiger charge is -2.23. The fraction of sp³-hybridized carbons (Fsp3) is 0.250. The van der Waals surface area contributed by atoms with Crippen molar-refractivity contribution in [2.45, 2.75) is 36.5 Å². The lowest BCUT2D eigenvalue weighted by atomic mass is 10.1. The molecule has 1 atom stereocenters. The van der Waals surface area contributed by atoms with E-state index in [1.165, 1.54) is 48.8 Å². The number of aromatic carboxylic acids is 1. The van der Waals surface area contributed by atoms with E-state index in [9.17, 15) is 31.2 Å². The van der Waals surface area contributed by atoms with Crippen LogP contribution in [0.2, 0.25) is 0 Å². The van der Waals surface area contributed by atoms with Crippen molar-refractivity contribution in [1.29, 1.82) is 0 Å². The predicted molar refractivity (Wildman–Crippen MR) is 125 cm³/mol. The second kappa shape index (κ2) is 10.3. The molecule has 1 aliphatic rings. The van der Waals surface area contributed by atoms with Gasteiger partial charge in [-0.3, -0.25) is 4.79 Å². The van der Waals surface area contributed by atoms with Crippen LogP contribution in [0.1, 0.15) is 34.5 Å². The number of nitrogens with one attached hydrogen (secondary N) is 1. The molecule has 2 N–H and O–H groups in total. The number of carbonyl (C=O) groups is 2. The van der Waals surface area contributed by atoms with Gasteiger partial charge in [-0.05, 0) is 55.3 Å². The van der Waals surface area contributed by atoms with Crippen LogP contribution in [0.25, 0.3) is 11.3 Å². The summed E-state index contributed by atoms with van der Waals surface area (Å²) in [6, 6.07) is 9.79. The number of sulfonamides is 1. The zero-order valence-corrected chi connectivity index (χ0v) is 20.0. The van der Waals surface area contributed by atoms with Crippen molar-refractivity contribution >= 4 is 21.9 Å². The third kappa shape index (κ3) is 5.78. The molecule has 1 saturated heterocycles. The number of rotatable bonds is 7. The van der Waals surface area contributed by atoms with Gasteiger partial charge in [0.2, 0.25) is 15.9 Å². The largest absolute Gasteiger partial charge is 0.478 e. The number of alkyl halides is 3. The summed E-state index contributed by atoms with van der Waals surface area (Å²) in [6.07, 6.45) is -2.46. The Bertz CT molecular complexity index is 1410.